The number of carboxylic acid groups (broad SMARTS) is 1. The normalized spacial score (nSPS) is 12.1. The van der Waals surface area contributed by atoms with Crippen LogP contribution in [0.5, 0.6) is 0 Å². The molecule has 3 N–H and O–H groups in total. The first-order valence-electron chi connectivity index (χ1n) is 5.87. The van der Waals surface area contributed by atoms with Crippen molar-refractivity contribution in [1.29, 1.82) is 0 Å². The minimum absolute atomic E-state index is 0.179. The molecule has 5 nitrogen and oxygen atoms in total. The first-order valence-corrected chi connectivity index (χ1v) is 6.95. The molecular formula is C13H17IN2O3. The summed E-state index contributed by atoms with van der Waals surface area (Å²) in [6.07, 6.45) is 0. The van der Waals surface area contributed by atoms with Crippen molar-refractivity contribution in [3.8, 4) is 0 Å². The standard InChI is InChI=1S/C13H17IN2O3/c1-7(2)11(12(17)18)16-13(19)15-9-5-4-8(3)10(14)6-9/h4-7,11H,1-3H3,(H,17,18)(H2,15,16,19)/t11-/m0/s1. The van der Waals surface area contributed by atoms with Crippen molar-refractivity contribution in [3.63, 3.8) is 0 Å². The summed E-state index contributed by atoms with van der Waals surface area (Å²) in [5.74, 6) is -1.22. The molecule has 0 aliphatic rings. The van der Waals surface area contributed by atoms with Crippen LogP contribution in [0.1, 0.15) is 19.4 Å². The molecule has 1 aromatic rings. The molecule has 1 rings (SSSR count). The summed E-state index contributed by atoms with van der Waals surface area (Å²) in [5.41, 5.74) is 1.76. The van der Waals surface area contributed by atoms with Gasteiger partial charge < -0.3 is 15.7 Å². The number of urea groups is 1. The van der Waals surface area contributed by atoms with E-state index in [1.165, 1.54) is 0 Å². The molecule has 0 aliphatic heterocycles. The van der Waals surface area contributed by atoms with Crippen LogP contribution in [0.15, 0.2) is 18.2 Å². The Labute approximate surface area is 125 Å². The van der Waals surface area contributed by atoms with E-state index in [-0.39, 0.29) is 5.92 Å². The van der Waals surface area contributed by atoms with E-state index in [0.29, 0.717) is 5.69 Å². The van der Waals surface area contributed by atoms with Crippen molar-refractivity contribution in [2.45, 2.75) is 26.8 Å². The van der Waals surface area contributed by atoms with Crippen LogP contribution in [0.4, 0.5) is 10.5 Å². The highest BCUT2D eigenvalue weighted by Gasteiger charge is 2.23. The van der Waals surface area contributed by atoms with E-state index in [1.807, 2.05) is 19.1 Å². The molecule has 19 heavy (non-hydrogen) atoms. The molecule has 0 unspecified atom stereocenters. The maximum atomic E-state index is 11.7. The number of carboxylic acids is 1. The van der Waals surface area contributed by atoms with E-state index in [9.17, 15) is 9.59 Å². The summed E-state index contributed by atoms with van der Waals surface area (Å²) in [6, 6.07) is 4.10. The van der Waals surface area contributed by atoms with Gasteiger partial charge in [0.05, 0.1) is 0 Å². The number of rotatable bonds is 4. The molecule has 0 aliphatic carbocycles. The Hall–Kier alpha value is -1.31. The van der Waals surface area contributed by atoms with Crippen molar-refractivity contribution in [1.82, 2.24) is 5.32 Å². The number of aryl methyl sites for hydroxylation is 1. The summed E-state index contributed by atoms with van der Waals surface area (Å²) >= 11 is 2.18. The number of amides is 2. The van der Waals surface area contributed by atoms with E-state index in [2.05, 4.69) is 33.2 Å². The molecule has 0 saturated carbocycles. The van der Waals surface area contributed by atoms with Gasteiger partial charge in [0, 0.05) is 9.26 Å². The van der Waals surface area contributed by atoms with E-state index in [4.69, 9.17) is 5.11 Å². The number of hydrogen-bond donors (Lipinski definition) is 3. The molecule has 0 heterocycles. The lowest BCUT2D eigenvalue weighted by atomic mass is 10.1. The summed E-state index contributed by atoms with van der Waals surface area (Å²) in [7, 11) is 0. The quantitative estimate of drug-likeness (QED) is 0.708. The molecule has 2 amide bonds. The lowest BCUT2D eigenvalue weighted by molar-refractivity contribution is -0.140. The van der Waals surface area contributed by atoms with Crippen LogP contribution < -0.4 is 10.6 Å². The Morgan fingerprint density at radius 1 is 1.32 bits per heavy atom. The van der Waals surface area contributed by atoms with Gasteiger partial charge in [-0.25, -0.2) is 9.59 Å². The Morgan fingerprint density at radius 3 is 2.42 bits per heavy atom. The maximum absolute atomic E-state index is 11.7. The first-order chi connectivity index (χ1) is 8.81. The zero-order chi connectivity index (χ0) is 14.6. The second-order valence-electron chi connectivity index (χ2n) is 4.62. The Balaban J connectivity index is 2.69. The van der Waals surface area contributed by atoms with E-state index in [1.54, 1.807) is 19.9 Å². The van der Waals surface area contributed by atoms with Crippen molar-refractivity contribution in [2.24, 2.45) is 5.92 Å². The highest BCUT2D eigenvalue weighted by atomic mass is 127. The summed E-state index contributed by atoms with van der Waals surface area (Å²) < 4.78 is 1.04. The molecule has 0 spiro atoms. The number of benzene rings is 1. The third kappa shape index (κ3) is 4.70. The molecule has 0 saturated heterocycles. The molecule has 0 bridgehead atoms. The SMILES string of the molecule is Cc1ccc(NC(=O)N[C@H](C(=O)O)C(C)C)cc1I. The van der Waals surface area contributed by atoms with Gasteiger partial charge in [0.1, 0.15) is 6.04 Å². The molecule has 6 heteroatoms. The predicted molar refractivity (Wildman–Crippen MR) is 82.3 cm³/mol. The highest BCUT2D eigenvalue weighted by Crippen LogP contribution is 2.17. The van der Waals surface area contributed by atoms with Gasteiger partial charge in [-0.1, -0.05) is 19.9 Å². The zero-order valence-electron chi connectivity index (χ0n) is 11.0. The van der Waals surface area contributed by atoms with Gasteiger partial charge in [0.25, 0.3) is 0 Å². The van der Waals surface area contributed by atoms with Gasteiger partial charge in [0.2, 0.25) is 0 Å². The van der Waals surface area contributed by atoms with Crippen LogP contribution >= 0.6 is 22.6 Å². The summed E-state index contributed by atoms with van der Waals surface area (Å²) in [4.78, 5) is 22.7. The molecule has 104 valence electrons. The Kier molecular flexibility index (Phi) is 5.59. The number of carbonyl (C=O) groups is 2. The Bertz CT molecular complexity index is 489. The fourth-order valence-electron chi connectivity index (χ4n) is 1.49. The van der Waals surface area contributed by atoms with E-state index >= 15 is 0 Å². The van der Waals surface area contributed by atoms with Gasteiger partial charge >= 0.3 is 12.0 Å². The van der Waals surface area contributed by atoms with Crippen molar-refractivity contribution < 1.29 is 14.7 Å². The number of aliphatic carboxylic acids is 1. The highest BCUT2D eigenvalue weighted by molar-refractivity contribution is 14.1. The fraction of sp³-hybridized carbons (Fsp3) is 0.385. The van der Waals surface area contributed by atoms with Crippen LogP contribution in [0.2, 0.25) is 0 Å². The average Bonchev–Trinajstić information content (AvgIpc) is 2.30. The second-order valence-corrected chi connectivity index (χ2v) is 5.78. The largest absolute Gasteiger partial charge is 0.480 e. The molecule has 0 radical (unpaired) electrons. The fourth-order valence-corrected chi connectivity index (χ4v) is 2.01. The monoisotopic (exact) mass is 376 g/mol. The second kappa shape index (κ2) is 6.74. The first kappa shape index (κ1) is 15.7. The number of halogens is 1. The minimum atomic E-state index is -1.04. The average molecular weight is 376 g/mol. The molecule has 1 atom stereocenters. The third-order valence-electron chi connectivity index (χ3n) is 2.65. The lowest BCUT2D eigenvalue weighted by Gasteiger charge is -2.18. The number of nitrogens with one attached hydrogen (secondary N) is 2. The third-order valence-corrected chi connectivity index (χ3v) is 3.81. The van der Waals surface area contributed by atoms with E-state index < -0.39 is 18.0 Å². The van der Waals surface area contributed by atoms with Crippen molar-refractivity contribution in [3.05, 3.63) is 27.3 Å². The molecule has 0 fully saturated rings. The van der Waals surface area contributed by atoms with Crippen molar-refractivity contribution >= 4 is 40.3 Å². The molecular weight excluding hydrogens is 359 g/mol. The predicted octanol–water partition coefficient (Wildman–Crippen LogP) is 2.83. The van der Waals surface area contributed by atoms with E-state index in [0.717, 1.165) is 9.13 Å². The minimum Gasteiger partial charge on any atom is -0.480 e. The van der Waals surface area contributed by atoms with Gasteiger partial charge in [0.15, 0.2) is 0 Å². The van der Waals surface area contributed by atoms with Crippen LogP contribution in [-0.2, 0) is 4.79 Å². The Morgan fingerprint density at radius 2 is 1.95 bits per heavy atom. The van der Waals surface area contributed by atoms with Crippen LogP contribution in [-0.4, -0.2) is 23.1 Å². The van der Waals surface area contributed by atoms with Gasteiger partial charge in [-0.05, 0) is 53.1 Å². The molecule has 1 aromatic carbocycles. The van der Waals surface area contributed by atoms with Gasteiger partial charge in [-0.3, -0.25) is 0 Å². The smallest absolute Gasteiger partial charge is 0.326 e. The van der Waals surface area contributed by atoms with Crippen LogP contribution in [0.3, 0.4) is 0 Å². The zero-order valence-corrected chi connectivity index (χ0v) is 13.2. The number of anilines is 1. The van der Waals surface area contributed by atoms with Crippen LogP contribution in [0, 0.1) is 16.4 Å². The van der Waals surface area contributed by atoms with Crippen LogP contribution in [0.25, 0.3) is 0 Å². The van der Waals surface area contributed by atoms with Gasteiger partial charge in [-0.2, -0.15) is 0 Å². The summed E-state index contributed by atoms with van der Waals surface area (Å²) in [5, 5.41) is 14.1. The maximum Gasteiger partial charge on any atom is 0.326 e. The molecule has 0 aromatic heterocycles. The van der Waals surface area contributed by atoms with Gasteiger partial charge in [-0.15, -0.1) is 0 Å². The van der Waals surface area contributed by atoms with Crippen molar-refractivity contribution in [2.75, 3.05) is 5.32 Å². The number of carbonyl (C=O) groups excluding carboxylic acids is 1. The lowest BCUT2D eigenvalue weighted by Crippen LogP contribution is -2.46. The number of hydrogen-bond acceptors (Lipinski definition) is 2. The summed E-state index contributed by atoms with van der Waals surface area (Å²) in [6.45, 7) is 5.46. The topological polar surface area (TPSA) is 78.4 Å².